The van der Waals surface area contributed by atoms with Crippen molar-refractivity contribution in [3.05, 3.63) is 35.4 Å². The van der Waals surface area contributed by atoms with Crippen molar-refractivity contribution in [3.8, 4) is 0 Å². The van der Waals surface area contributed by atoms with E-state index < -0.39 is 0 Å². The van der Waals surface area contributed by atoms with Gasteiger partial charge in [0.05, 0.1) is 19.3 Å². The second-order valence-electron chi connectivity index (χ2n) is 8.58. The average Bonchev–Trinajstić information content (AvgIpc) is 3.26. The average molecular weight is 417 g/mol. The molecule has 2 atom stereocenters. The number of hydrogen-bond donors (Lipinski definition) is 2. The Balaban J connectivity index is 1.47. The van der Waals surface area contributed by atoms with E-state index in [1.54, 1.807) is 0 Å². The van der Waals surface area contributed by atoms with E-state index in [0.717, 1.165) is 64.2 Å². The molecule has 30 heavy (non-hydrogen) atoms. The standard InChI is InChI=1S/C24H40N4O2/c1-3-25-24(26-12-7-14-30-23-11-15-29-19-23)27-16-21-9-4-5-10-22(21)18-28-13-6-8-20(2)17-28/h4-5,9-10,20,23H,3,6-8,11-19H2,1-2H3,(H2,25,26,27). The van der Waals surface area contributed by atoms with Crippen molar-refractivity contribution in [1.29, 1.82) is 0 Å². The smallest absolute Gasteiger partial charge is 0.191 e. The predicted octanol–water partition coefficient (Wildman–Crippen LogP) is 3.17. The topological polar surface area (TPSA) is 58.1 Å². The predicted molar refractivity (Wildman–Crippen MR) is 123 cm³/mol. The molecule has 3 rings (SSSR count). The van der Waals surface area contributed by atoms with Crippen molar-refractivity contribution >= 4 is 5.96 Å². The fraction of sp³-hybridized carbons (Fsp3) is 0.708. The molecule has 0 saturated carbocycles. The molecule has 168 valence electrons. The van der Waals surface area contributed by atoms with Crippen LogP contribution in [0.4, 0.5) is 0 Å². The summed E-state index contributed by atoms with van der Waals surface area (Å²) in [5.41, 5.74) is 2.72. The molecule has 2 aliphatic heterocycles. The van der Waals surface area contributed by atoms with Gasteiger partial charge in [-0.25, -0.2) is 4.99 Å². The minimum absolute atomic E-state index is 0.284. The maximum atomic E-state index is 5.84. The molecule has 2 fully saturated rings. The molecule has 0 aliphatic carbocycles. The molecule has 2 heterocycles. The maximum Gasteiger partial charge on any atom is 0.191 e. The minimum Gasteiger partial charge on any atom is -0.379 e. The zero-order valence-corrected chi connectivity index (χ0v) is 18.9. The summed E-state index contributed by atoms with van der Waals surface area (Å²) >= 11 is 0. The molecular weight excluding hydrogens is 376 g/mol. The molecule has 1 aromatic carbocycles. The molecular formula is C24H40N4O2. The Labute approximate surface area is 182 Å². The molecule has 0 spiro atoms. The SMILES string of the molecule is CCNC(=NCc1ccccc1CN1CCCC(C)C1)NCCCOC1CCOC1. The number of aliphatic imine (C=N–C) groups is 1. The first-order chi connectivity index (χ1) is 14.7. The van der Waals surface area contributed by atoms with Gasteiger partial charge in [0, 0.05) is 39.4 Å². The van der Waals surface area contributed by atoms with Gasteiger partial charge in [0.2, 0.25) is 0 Å². The van der Waals surface area contributed by atoms with Gasteiger partial charge in [0.1, 0.15) is 0 Å². The number of benzene rings is 1. The van der Waals surface area contributed by atoms with Crippen molar-refractivity contribution in [2.24, 2.45) is 10.9 Å². The molecule has 1 aromatic rings. The lowest BCUT2D eigenvalue weighted by Gasteiger charge is -2.31. The fourth-order valence-corrected chi connectivity index (χ4v) is 4.22. The number of rotatable bonds is 10. The second kappa shape index (κ2) is 12.9. The van der Waals surface area contributed by atoms with Gasteiger partial charge in [-0.15, -0.1) is 0 Å². The van der Waals surface area contributed by atoms with Gasteiger partial charge in [-0.2, -0.15) is 0 Å². The molecule has 2 unspecified atom stereocenters. The van der Waals surface area contributed by atoms with E-state index in [1.165, 1.54) is 37.1 Å². The summed E-state index contributed by atoms with van der Waals surface area (Å²) in [4.78, 5) is 7.44. The van der Waals surface area contributed by atoms with E-state index in [4.69, 9.17) is 14.5 Å². The second-order valence-corrected chi connectivity index (χ2v) is 8.58. The van der Waals surface area contributed by atoms with Crippen LogP contribution >= 0.6 is 0 Å². The van der Waals surface area contributed by atoms with Gasteiger partial charge in [-0.05, 0) is 56.2 Å². The number of likely N-dealkylation sites (tertiary alicyclic amines) is 1. The first kappa shape index (κ1) is 23.0. The zero-order valence-electron chi connectivity index (χ0n) is 18.9. The monoisotopic (exact) mass is 416 g/mol. The molecule has 0 amide bonds. The first-order valence-corrected chi connectivity index (χ1v) is 11.7. The van der Waals surface area contributed by atoms with Gasteiger partial charge >= 0.3 is 0 Å². The summed E-state index contributed by atoms with van der Waals surface area (Å²) in [6.07, 6.45) is 4.94. The summed E-state index contributed by atoms with van der Waals surface area (Å²) in [7, 11) is 0. The van der Waals surface area contributed by atoms with E-state index in [-0.39, 0.29) is 6.10 Å². The summed E-state index contributed by atoms with van der Waals surface area (Å²) in [6, 6.07) is 8.74. The third kappa shape index (κ3) is 7.89. The lowest BCUT2D eigenvalue weighted by Crippen LogP contribution is -2.38. The summed E-state index contributed by atoms with van der Waals surface area (Å²) in [6.45, 7) is 12.7. The Morgan fingerprint density at radius 3 is 2.87 bits per heavy atom. The lowest BCUT2D eigenvalue weighted by molar-refractivity contribution is 0.0420. The van der Waals surface area contributed by atoms with Crippen molar-refractivity contribution < 1.29 is 9.47 Å². The zero-order chi connectivity index (χ0) is 21.0. The minimum atomic E-state index is 0.284. The van der Waals surface area contributed by atoms with Crippen molar-refractivity contribution in [3.63, 3.8) is 0 Å². The molecule has 0 bridgehead atoms. The number of piperidine rings is 1. The largest absolute Gasteiger partial charge is 0.379 e. The number of nitrogens with zero attached hydrogens (tertiary/aromatic N) is 2. The Kier molecular flexibility index (Phi) is 9.93. The van der Waals surface area contributed by atoms with Crippen molar-refractivity contribution in [2.75, 3.05) is 46.0 Å². The van der Waals surface area contributed by atoms with Crippen LogP contribution < -0.4 is 10.6 Å². The highest BCUT2D eigenvalue weighted by atomic mass is 16.5. The molecule has 2 N–H and O–H groups in total. The summed E-state index contributed by atoms with van der Waals surface area (Å²) < 4.78 is 11.2. The van der Waals surface area contributed by atoms with Gasteiger partial charge in [-0.1, -0.05) is 31.2 Å². The molecule has 0 aromatic heterocycles. The van der Waals surface area contributed by atoms with Gasteiger partial charge in [0.15, 0.2) is 5.96 Å². The quantitative estimate of drug-likeness (QED) is 0.349. The highest BCUT2D eigenvalue weighted by Gasteiger charge is 2.17. The van der Waals surface area contributed by atoms with Crippen molar-refractivity contribution in [2.45, 2.75) is 58.7 Å². The van der Waals surface area contributed by atoms with Crippen LogP contribution in [-0.2, 0) is 22.6 Å². The third-order valence-corrected chi connectivity index (χ3v) is 5.86. The number of ether oxygens (including phenoxy) is 2. The molecule has 6 heteroatoms. The number of nitrogens with one attached hydrogen (secondary N) is 2. The number of guanidine groups is 1. The Hall–Kier alpha value is -1.63. The Bertz CT molecular complexity index is 646. The maximum absolute atomic E-state index is 5.84. The van der Waals surface area contributed by atoms with E-state index >= 15 is 0 Å². The van der Waals surface area contributed by atoms with Gasteiger partial charge in [-0.3, -0.25) is 4.90 Å². The van der Waals surface area contributed by atoms with Gasteiger partial charge in [0.25, 0.3) is 0 Å². The van der Waals surface area contributed by atoms with Crippen LogP contribution in [0.5, 0.6) is 0 Å². The molecule has 0 radical (unpaired) electrons. The first-order valence-electron chi connectivity index (χ1n) is 11.7. The highest BCUT2D eigenvalue weighted by Crippen LogP contribution is 2.20. The van der Waals surface area contributed by atoms with E-state index in [0.29, 0.717) is 6.54 Å². The van der Waals surface area contributed by atoms with E-state index in [9.17, 15) is 0 Å². The highest BCUT2D eigenvalue weighted by molar-refractivity contribution is 5.79. The number of hydrogen-bond acceptors (Lipinski definition) is 4. The Morgan fingerprint density at radius 1 is 1.23 bits per heavy atom. The van der Waals surface area contributed by atoms with Crippen LogP contribution in [-0.4, -0.2) is 63.0 Å². The lowest BCUT2D eigenvalue weighted by atomic mass is 9.99. The van der Waals surface area contributed by atoms with Crippen molar-refractivity contribution in [1.82, 2.24) is 15.5 Å². The van der Waals surface area contributed by atoms with Crippen LogP contribution in [0.25, 0.3) is 0 Å². The normalized spacial score (nSPS) is 22.9. The van der Waals surface area contributed by atoms with Crippen LogP contribution in [0.3, 0.4) is 0 Å². The van der Waals surface area contributed by atoms with Crippen LogP contribution in [0.1, 0.15) is 50.7 Å². The molecule has 2 aliphatic rings. The van der Waals surface area contributed by atoms with Crippen LogP contribution in [0.2, 0.25) is 0 Å². The van der Waals surface area contributed by atoms with Crippen LogP contribution in [0.15, 0.2) is 29.3 Å². The fourth-order valence-electron chi connectivity index (χ4n) is 4.22. The van der Waals surface area contributed by atoms with E-state index in [1.807, 2.05) is 0 Å². The van der Waals surface area contributed by atoms with Gasteiger partial charge < -0.3 is 20.1 Å². The Morgan fingerprint density at radius 2 is 2.10 bits per heavy atom. The third-order valence-electron chi connectivity index (χ3n) is 5.86. The molecule has 6 nitrogen and oxygen atoms in total. The summed E-state index contributed by atoms with van der Waals surface area (Å²) in [5.74, 6) is 1.68. The van der Waals surface area contributed by atoms with Crippen LogP contribution in [0, 0.1) is 5.92 Å². The van der Waals surface area contributed by atoms with E-state index in [2.05, 4.69) is 53.6 Å². The summed E-state index contributed by atoms with van der Waals surface area (Å²) in [5, 5.41) is 6.80. The molecule has 2 saturated heterocycles.